The van der Waals surface area contributed by atoms with Crippen LogP contribution < -0.4 is 0 Å². The van der Waals surface area contributed by atoms with E-state index >= 15 is 0 Å². The molecule has 3 amide bonds. The van der Waals surface area contributed by atoms with E-state index in [-0.39, 0.29) is 30.4 Å². The summed E-state index contributed by atoms with van der Waals surface area (Å²) in [5.41, 5.74) is -1.14. The van der Waals surface area contributed by atoms with E-state index < -0.39 is 29.6 Å². The number of aliphatic hydroxyl groups excluding tert-OH is 1. The van der Waals surface area contributed by atoms with Crippen molar-refractivity contribution in [2.45, 2.75) is 83.1 Å². The Morgan fingerprint density at radius 1 is 1.03 bits per heavy atom. The standard InChI is InChI=1S/C27H41N3O5/c1-4-11-19(3)29-17-10-13-27-22(21-20(35-27)12-9-15-28(14-5-2)24(21)32)25(33)30(23(27)26(29)34)16-7-6-8-18-31/h9-10,12-13,19-23,31H,4-8,11,14-18H2,1-3H3/t19?,20-,21+,22+,23?,27+/m1/s1. The lowest BCUT2D eigenvalue weighted by atomic mass is 9.77. The third-order valence-electron chi connectivity index (χ3n) is 8.06. The van der Waals surface area contributed by atoms with Crippen molar-refractivity contribution >= 4 is 17.7 Å². The molecule has 0 aromatic rings. The molecule has 2 fully saturated rings. The molecule has 0 aliphatic carbocycles. The topological polar surface area (TPSA) is 90.4 Å². The Morgan fingerprint density at radius 3 is 2.54 bits per heavy atom. The molecule has 0 saturated carbocycles. The molecule has 6 atom stereocenters. The van der Waals surface area contributed by atoms with E-state index in [2.05, 4.69) is 13.8 Å². The average Bonchev–Trinajstić information content (AvgIpc) is 3.14. The number of ether oxygens (including phenoxy) is 1. The molecule has 194 valence electrons. The Kier molecular flexibility index (Phi) is 8.01. The number of nitrogens with zero attached hydrogens (tertiary/aromatic N) is 3. The first-order valence-electron chi connectivity index (χ1n) is 13.4. The fourth-order valence-corrected chi connectivity index (χ4v) is 6.46. The maximum Gasteiger partial charge on any atom is 0.249 e. The molecule has 0 radical (unpaired) electrons. The number of rotatable bonds is 10. The van der Waals surface area contributed by atoms with Gasteiger partial charge in [-0.2, -0.15) is 0 Å². The Balaban J connectivity index is 1.73. The van der Waals surface area contributed by atoms with Gasteiger partial charge in [-0.3, -0.25) is 14.4 Å². The highest BCUT2D eigenvalue weighted by Gasteiger charge is 2.71. The van der Waals surface area contributed by atoms with Crippen LogP contribution in [-0.2, 0) is 19.1 Å². The van der Waals surface area contributed by atoms with Crippen LogP contribution >= 0.6 is 0 Å². The Bertz CT molecular complexity index is 873. The summed E-state index contributed by atoms with van der Waals surface area (Å²) < 4.78 is 6.65. The molecular formula is C27H41N3O5. The van der Waals surface area contributed by atoms with Gasteiger partial charge in [-0.25, -0.2) is 0 Å². The normalized spacial score (nSPS) is 33.0. The van der Waals surface area contributed by atoms with E-state index in [0.717, 1.165) is 25.7 Å². The first-order valence-corrected chi connectivity index (χ1v) is 13.4. The molecule has 1 spiro atoms. The highest BCUT2D eigenvalue weighted by Crippen LogP contribution is 2.53. The lowest BCUT2D eigenvalue weighted by Crippen LogP contribution is -2.56. The Labute approximate surface area is 208 Å². The Hall–Kier alpha value is -2.19. The number of likely N-dealkylation sites (tertiary alicyclic amines) is 1. The van der Waals surface area contributed by atoms with Crippen LogP contribution in [0.2, 0.25) is 0 Å². The number of amides is 3. The van der Waals surface area contributed by atoms with Crippen molar-refractivity contribution in [2.24, 2.45) is 11.8 Å². The van der Waals surface area contributed by atoms with E-state index in [0.29, 0.717) is 39.0 Å². The molecule has 0 bridgehead atoms. The summed E-state index contributed by atoms with van der Waals surface area (Å²) in [6.07, 6.45) is 12.0. The lowest BCUT2D eigenvalue weighted by Gasteiger charge is -2.37. The zero-order valence-electron chi connectivity index (χ0n) is 21.4. The molecular weight excluding hydrogens is 446 g/mol. The predicted octanol–water partition coefficient (Wildman–Crippen LogP) is 2.13. The van der Waals surface area contributed by atoms with E-state index in [9.17, 15) is 19.5 Å². The summed E-state index contributed by atoms with van der Waals surface area (Å²) in [6, 6.07) is -0.730. The van der Waals surface area contributed by atoms with Crippen LogP contribution in [0.25, 0.3) is 0 Å². The third kappa shape index (κ3) is 4.44. The SMILES string of the molecule is CCCC(C)N1CC=C[C@]23O[C@@H]4C=CCN(CCC)C(=O)[C@@H]4[C@H]2C(=O)N(CCCCCO)C3C1=O. The minimum absolute atomic E-state index is 0.0474. The van der Waals surface area contributed by atoms with Gasteiger partial charge in [-0.05, 0) is 39.0 Å². The van der Waals surface area contributed by atoms with Gasteiger partial charge < -0.3 is 24.5 Å². The molecule has 2 unspecified atom stereocenters. The number of unbranched alkanes of at least 4 members (excludes halogenated alkanes) is 2. The van der Waals surface area contributed by atoms with E-state index in [1.807, 2.05) is 41.0 Å². The largest absolute Gasteiger partial charge is 0.396 e. The van der Waals surface area contributed by atoms with Crippen LogP contribution in [0.1, 0.15) is 59.3 Å². The zero-order chi connectivity index (χ0) is 25.2. The highest BCUT2D eigenvalue weighted by molar-refractivity contribution is 5.99. The Morgan fingerprint density at radius 2 is 1.83 bits per heavy atom. The minimum Gasteiger partial charge on any atom is -0.396 e. The van der Waals surface area contributed by atoms with Crippen molar-refractivity contribution in [3.8, 4) is 0 Å². The molecule has 0 aromatic heterocycles. The molecule has 35 heavy (non-hydrogen) atoms. The van der Waals surface area contributed by atoms with E-state index in [1.165, 1.54) is 0 Å². The molecule has 8 heteroatoms. The summed E-state index contributed by atoms with van der Waals surface area (Å²) >= 11 is 0. The van der Waals surface area contributed by atoms with Gasteiger partial charge in [0.2, 0.25) is 17.7 Å². The smallest absolute Gasteiger partial charge is 0.249 e. The van der Waals surface area contributed by atoms with Gasteiger partial charge in [0, 0.05) is 38.8 Å². The number of hydrogen-bond donors (Lipinski definition) is 1. The van der Waals surface area contributed by atoms with Crippen molar-refractivity contribution < 1.29 is 24.2 Å². The number of carbonyl (C=O) groups is 3. The second-order valence-corrected chi connectivity index (χ2v) is 10.4. The van der Waals surface area contributed by atoms with Crippen LogP contribution in [0.15, 0.2) is 24.3 Å². The van der Waals surface area contributed by atoms with Gasteiger partial charge >= 0.3 is 0 Å². The van der Waals surface area contributed by atoms with Crippen molar-refractivity contribution in [3.63, 3.8) is 0 Å². The van der Waals surface area contributed by atoms with Crippen LogP contribution in [0.3, 0.4) is 0 Å². The first kappa shape index (κ1) is 25.9. The summed E-state index contributed by atoms with van der Waals surface area (Å²) in [5, 5.41) is 9.19. The quantitative estimate of drug-likeness (QED) is 0.377. The van der Waals surface area contributed by atoms with Crippen molar-refractivity contribution in [3.05, 3.63) is 24.3 Å². The number of fused-ring (bicyclic) bond motifs is 2. The van der Waals surface area contributed by atoms with Crippen molar-refractivity contribution in [1.82, 2.24) is 14.7 Å². The molecule has 4 aliphatic heterocycles. The van der Waals surface area contributed by atoms with E-state index in [4.69, 9.17) is 4.74 Å². The average molecular weight is 488 g/mol. The predicted molar refractivity (Wildman–Crippen MR) is 132 cm³/mol. The monoisotopic (exact) mass is 487 g/mol. The second-order valence-electron chi connectivity index (χ2n) is 10.4. The molecule has 8 nitrogen and oxygen atoms in total. The van der Waals surface area contributed by atoms with Crippen LogP contribution in [0.5, 0.6) is 0 Å². The van der Waals surface area contributed by atoms with Crippen LogP contribution in [0, 0.1) is 11.8 Å². The molecule has 4 aliphatic rings. The number of carbonyl (C=O) groups excluding carboxylic acids is 3. The summed E-state index contributed by atoms with van der Waals surface area (Å²) in [6.45, 7) is 8.34. The van der Waals surface area contributed by atoms with Crippen molar-refractivity contribution in [1.29, 1.82) is 0 Å². The second kappa shape index (κ2) is 10.8. The van der Waals surface area contributed by atoms with Gasteiger partial charge in [0.05, 0.1) is 17.9 Å². The van der Waals surface area contributed by atoms with Gasteiger partial charge in [-0.1, -0.05) is 44.6 Å². The van der Waals surface area contributed by atoms with E-state index in [1.54, 1.807) is 4.90 Å². The van der Waals surface area contributed by atoms with Crippen molar-refractivity contribution in [2.75, 3.05) is 32.8 Å². The fourth-order valence-electron chi connectivity index (χ4n) is 6.46. The minimum atomic E-state index is -1.14. The van der Waals surface area contributed by atoms with Gasteiger partial charge in [-0.15, -0.1) is 0 Å². The maximum atomic E-state index is 14.1. The van der Waals surface area contributed by atoms with Gasteiger partial charge in [0.15, 0.2) is 0 Å². The van der Waals surface area contributed by atoms with Gasteiger partial charge in [0.1, 0.15) is 11.6 Å². The molecule has 2 saturated heterocycles. The molecule has 4 heterocycles. The molecule has 0 aromatic carbocycles. The molecule has 1 N–H and O–H groups in total. The fraction of sp³-hybridized carbons (Fsp3) is 0.741. The highest BCUT2D eigenvalue weighted by atomic mass is 16.5. The van der Waals surface area contributed by atoms with Crippen LogP contribution in [-0.4, -0.2) is 94.1 Å². The number of aliphatic hydroxyl groups is 1. The maximum absolute atomic E-state index is 14.1. The zero-order valence-corrected chi connectivity index (χ0v) is 21.4. The third-order valence-corrected chi connectivity index (χ3v) is 8.06. The summed E-state index contributed by atoms with van der Waals surface area (Å²) in [5.74, 6) is -1.65. The van der Waals surface area contributed by atoms with Gasteiger partial charge in [0.25, 0.3) is 0 Å². The first-order chi connectivity index (χ1) is 16.9. The van der Waals surface area contributed by atoms with Crippen LogP contribution in [0.4, 0.5) is 0 Å². The lowest BCUT2D eigenvalue weighted by molar-refractivity contribution is -0.149. The summed E-state index contributed by atoms with van der Waals surface area (Å²) in [7, 11) is 0. The number of hydrogen-bond acceptors (Lipinski definition) is 5. The summed E-state index contributed by atoms with van der Waals surface area (Å²) in [4.78, 5) is 47.2. The molecule has 4 rings (SSSR count).